The van der Waals surface area contributed by atoms with Crippen LogP contribution in [0.1, 0.15) is 16.8 Å². The molecular formula is C16H17ClN2O2. The number of anilines is 1. The lowest BCUT2D eigenvalue weighted by Crippen LogP contribution is -2.26. The number of carbonyl (C=O) groups excluding carboxylic acids is 1. The van der Waals surface area contributed by atoms with Crippen molar-refractivity contribution in [1.29, 1.82) is 0 Å². The minimum Gasteiger partial charge on any atom is -0.494 e. The normalized spacial score (nSPS) is 10.1. The fourth-order valence-electron chi connectivity index (χ4n) is 1.81. The maximum Gasteiger partial charge on any atom is 0.253 e. The van der Waals surface area contributed by atoms with Gasteiger partial charge in [-0.15, -0.1) is 0 Å². The van der Waals surface area contributed by atoms with Crippen LogP contribution in [-0.4, -0.2) is 19.1 Å². The van der Waals surface area contributed by atoms with E-state index in [0.717, 1.165) is 5.75 Å². The Kier molecular flexibility index (Phi) is 5.46. The number of rotatable bonds is 6. The molecule has 0 saturated heterocycles. The van der Waals surface area contributed by atoms with Crippen molar-refractivity contribution < 1.29 is 9.53 Å². The van der Waals surface area contributed by atoms with Crippen LogP contribution in [0.3, 0.4) is 0 Å². The zero-order valence-corrected chi connectivity index (χ0v) is 12.3. The Labute approximate surface area is 128 Å². The van der Waals surface area contributed by atoms with Gasteiger partial charge in [-0.1, -0.05) is 35.9 Å². The molecule has 0 bridgehead atoms. The molecule has 3 N–H and O–H groups in total. The molecule has 0 aromatic heterocycles. The molecule has 21 heavy (non-hydrogen) atoms. The van der Waals surface area contributed by atoms with Crippen LogP contribution < -0.4 is 15.8 Å². The maximum absolute atomic E-state index is 12.0. The molecule has 2 aromatic rings. The first-order valence-corrected chi connectivity index (χ1v) is 7.06. The van der Waals surface area contributed by atoms with Crippen molar-refractivity contribution in [3.63, 3.8) is 0 Å². The van der Waals surface area contributed by atoms with Crippen LogP contribution >= 0.6 is 11.6 Å². The molecule has 0 aliphatic carbocycles. The summed E-state index contributed by atoms with van der Waals surface area (Å²) in [6.07, 6.45) is 0.709. The predicted molar refractivity (Wildman–Crippen MR) is 84.8 cm³/mol. The number of para-hydroxylation sites is 2. The van der Waals surface area contributed by atoms with Crippen LogP contribution in [0.5, 0.6) is 5.75 Å². The molecule has 0 heterocycles. The number of hydrogen-bond acceptors (Lipinski definition) is 3. The molecule has 0 unspecified atom stereocenters. The number of ether oxygens (including phenoxy) is 1. The summed E-state index contributed by atoms with van der Waals surface area (Å²) < 4.78 is 5.54. The molecule has 0 spiro atoms. The zero-order valence-electron chi connectivity index (χ0n) is 11.5. The summed E-state index contributed by atoms with van der Waals surface area (Å²) in [7, 11) is 0. The highest BCUT2D eigenvalue weighted by molar-refractivity contribution is 6.33. The molecule has 5 heteroatoms. The Morgan fingerprint density at radius 3 is 2.67 bits per heavy atom. The summed E-state index contributed by atoms with van der Waals surface area (Å²) in [4.78, 5) is 12.0. The maximum atomic E-state index is 12.0. The lowest BCUT2D eigenvalue weighted by atomic mass is 10.1. The highest BCUT2D eigenvalue weighted by Crippen LogP contribution is 2.22. The first-order valence-electron chi connectivity index (χ1n) is 6.68. The van der Waals surface area contributed by atoms with Crippen LogP contribution in [0.15, 0.2) is 48.5 Å². The number of amides is 1. The van der Waals surface area contributed by atoms with E-state index in [4.69, 9.17) is 22.1 Å². The summed E-state index contributed by atoms with van der Waals surface area (Å²) in [5.74, 6) is 0.595. The van der Waals surface area contributed by atoms with Gasteiger partial charge in [-0.25, -0.2) is 0 Å². The highest BCUT2D eigenvalue weighted by Gasteiger charge is 2.10. The van der Waals surface area contributed by atoms with Crippen molar-refractivity contribution in [2.24, 2.45) is 0 Å². The van der Waals surface area contributed by atoms with E-state index in [0.29, 0.717) is 35.8 Å². The van der Waals surface area contributed by atoms with E-state index < -0.39 is 0 Å². The number of benzene rings is 2. The van der Waals surface area contributed by atoms with Gasteiger partial charge in [0.05, 0.1) is 22.9 Å². The van der Waals surface area contributed by atoms with Gasteiger partial charge in [0.1, 0.15) is 5.75 Å². The fraction of sp³-hybridized carbons (Fsp3) is 0.188. The third-order valence-corrected chi connectivity index (χ3v) is 3.25. The average Bonchev–Trinajstić information content (AvgIpc) is 2.50. The SMILES string of the molecule is Nc1c(Cl)cccc1C(=O)NCCCOc1ccccc1. The van der Waals surface area contributed by atoms with Crippen molar-refractivity contribution in [3.8, 4) is 5.75 Å². The van der Waals surface area contributed by atoms with E-state index in [9.17, 15) is 4.79 Å². The number of nitrogens with one attached hydrogen (secondary N) is 1. The second-order valence-electron chi connectivity index (χ2n) is 4.47. The zero-order chi connectivity index (χ0) is 15.1. The summed E-state index contributed by atoms with van der Waals surface area (Å²) in [5, 5.41) is 3.18. The van der Waals surface area contributed by atoms with E-state index in [1.807, 2.05) is 30.3 Å². The monoisotopic (exact) mass is 304 g/mol. The van der Waals surface area contributed by atoms with Gasteiger partial charge >= 0.3 is 0 Å². The summed E-state index contributed by atoms with van der Waals surface area (Å²) in [5.41, 5.74) is 6.47. The molecule has 2 rings (SSSR count). The number of nitrogens with two attached hydrogens (primary N) is 1. The van der Waals surface area contributed by atoms with E-state index in [2.05, 4.69) is 5.32 Å². The molecule has 0 atom stereocenters. The molecule has 4 nitrogen and oxygen atoms in total. The van der Waals surface area contributed by atoms with Crippen LogP contribution in [0.25, 0.3) is 0 Å². The second-order valence-corrected chi connectivity index (χ2v) is 4.88. The molecule has 0 radical (unpaired) electrons. The van der Waals surface area contributed by atoms with Crippen LogP contribution in [-0.2, 0) is 0 Å². The van der Waals surface area contributed by atoms with Crippen molar-refractivity contribution in [2.45, 2.75) is 6.42 Å². The quantitative estimate of drug-likeness (QED) is 0.636. The van der Waals surface area contributed by atoms with Gasteiger partial charge in [-0.2, -0.15) is 0 Å². The van der Waals surface area contributed by atoms with Crippen molar-refractivity contribution in [2.75, 3.05) is 18.9 Å². The third kappa shape index (κ3) is 4.39. The summed E-state index contributed by atoms with van der Waals surface area (Å²) in [6.45, 7) is 1.05. The standard InChI is InChI=1S/C16H17ClN2O2/c17-14-9-4-8-13(15(14)18)16(20)19-10-5-11-21-12-6-2-1-3-7-12/h1-4,6-9H,5,10-11,18H2,(H,19,20). The molecule has 0 saturated carbocycles. The Hall–Kier alpha value is -2.20. The number of carbonyl (C=O) groups is 1. The summed E-state index contributed by atoms with van der Waals surface area (Å²) in [6, 6.07) is 14.6. The Bertz CT molecular complexity index is 602. The molecule has 0 aliphatic rings. The third-order valence-electron chi connectivity index (χ3n) is 2.92. The van der Waals surface area contributed by atoms with Crippen LogP contribution in [0.2, 0.25) is 5.02 Å². The van der Waals surface area contributed by atoms with Gasteiger partial charge in [0.25, 0.3) is 5.91 Å². The van der Waals surface area contributed by atoms with Crippen LogP contribution in [0, 0.1) is 0 Å². The van der Waals surface area contributed by atoms with E-state index in [-0.39, 0.29) is 5.91 Å². The minimum absolute atomic E-state index is 0.227. The first-order chi connectivity index (χ1) is 10.2. The Morgan fingerprint density at radius 2 is 1.90 bits per heavy atom. The molecule has 0 fully saturated rings. The van der Waals surface area contributed by atoms with E-state index in [1.54, 1.807) is 18.2 Å². The molecule has 0 aliphatic heterocycles. The number of hydrogen-bond donors (Lipinski definition) is 2. The average molecular weight is 305 g/mol. The van der Waals surface area contributed by atoms with E-state index in [1.165, 1.54) is 0 Å². The van der Waals surface area contributed by atoms with Crippen LogP contribution in [0.4, 0.5) is 5.69 Å². The van der Waals surface area contributed by atoms with Gasteiger partial charge in [0.2, 0.25) is 0 Å². The van der Waals surface area contributed by atoms with E-state index >= 15 is 0 Å². The fourth-order valence-corrected chi connectivity index (χ4v) is 1.99. The number of halogens is 1. The topological polar surface area (TPSA) is 64.4 Å². The van der Waals surface area contributed by atoms with Gasteiger partial charge in [-0.3, -0.25) is 4.79 Å². The molecule has 110 valence electrons. The lowest BCUT2D eigenvalue weighted by Gasteiger charge is -2.09. The Balaban J connectivity index is 1.73. The predicted octanol–water partition coefficient (Wildman–Crippen LogP) is 3.12. The number of nitrogen functional groups attached to an aromatic ring is 1. The van der Waals surface area contributed by atoms with Gasteiger partial charge in [-0.05, 0) is 30.7 Å². The largest absolute Gasteiger partial charge is 0.494 e. The molecular weight excluding hydrogens is 288 g/mol. The lowest BCUT2D eigenvalue weighted by molar-refractivity contribution is 0.0952. The van der Waals surface area contributed by atoms with Gasteiger partial charge in [0.15, 0.2) is 0 Å². The Morgan fingerprint density at radius 1 is 1.14 bits per heavy atom. The first kappa shape index (κ1) is 15.2. The minimum atomic E-state index is -0.227. The van der Waals surface area contributed by atoms with Crippen molar-refractivity contribution in [3.05, 3.63) is 59.1 Å². The highest BCUT2D eigenvalue weighted by atomic mass is 35.5. The van der Waals surface area contributed by atoms with Crippen molar-refractivity contribution >= 4 is 23.2 Å². The molecule has 1 amide bonds. The smallest absolute Gasteiger partial charge is 0.253 e. The van der Waals surface area contributed by atoms with Crippen molar-refractivity contribution in [1.82, 2.24) is 5.32 Å². The molecule has 2 aromatic carbocycles. The summed E-state index contributed by atoms with van der Waals surface area (Å²) >= 11 is 5.88. The second kappa shape index (κ2) is 7.55. The van der Waals surface area contributed by atoms with Gasteiger partial charge < -0.3 is 15.8 Å². The van der Waals surface area contributed by atoms with Gasteiger partial charge in [0, 0.05) is 6.54 Å².